The Morgan fingerprint density at radius 3 is 3.06 bits per heavy atom. The van der Waals surface area contributed by atoms with Crippen molar-refractivity contribution in [2.45, 2.75) is 18.9 Å². The van der Waals surface area contributed by atoms with E-state index in [-0.39, 0.29) is 6.10 Å². The molecule has 4 nitrogen and oxygen atoms in total. The molecule has 1 atom stereocenters. The summed E-state index contributed by atoms with van der Waals surface area (Å²) in [5.41, 5.74) is 0.919. The number of para-hydroxylation sites is 1. The molecule has 5 heteroatoms. The van der Waals surface area contributed by atoms with Gasteiger partial charge in [-0.2, -0.15) is 0 Å². The lowest BCUT2D eigenvalue weighted by Crippen LogP contribution is -2.38. The number of β-amino-alcohol motifs (C(OH)–C–C–N with tert-alkyl or cyclic N) is 1. The van der Waals surface area contributed by atoms with Crippen molar-refractivity contribution in [1.82, 2.24) is 9.97 Å². The molecular weight excluding hydrogens is 294 g/mol. The van der Waals surface area contributed by atoms with Crippen molar-refractivity contribution >= 4 is 32.7 Å². The minimum absolute atomic E-state index is 0.254. The molecule has 1 N–H and O–H groups in total. The molecule has 3 rings (SSSR count). The normalized spacial score (nSPS) is 20.3. The van der Waals surface area contributed by atoms with Crippen LogP contribution >= 0.6 is 15.9 Å². The number of benzene rings is 1. The highest BCUT2D eigenvalue weighted by Gasteiger charge is 2.20. The number of rotatable bonds is 1. The number of aliphatic hydroxyl groups is 1. The third-order valence-electron chi connectivity index (χ3n) is 3.29. The molecule has 1 saturated heterocycles. The Hall–Kier alpha value is -1.20. The summed E-state index contributed by atoms with van der Waals surface area (Å²) >= 11 is 3.51. The zero-order valence-corrected chi connectivity index (χ0v) is 11.5. The van der Waals surface area contributed by atoms with Gasteiger partial charge in [0.25, 0.3) is 0 Å². The van der Waals surface area contributed by atoms with Crippen LogP contribution in [0.4, 0.5) is 5.82 Å². The summed E-state index contributed by atoms with van der Waals surface area (Å²) in [7, 11) is 0. The second kappa shape index (κ2) is 4.82. The highest BCUT2D eigenvalue weighted by atomic mass is 79.9. The molecule has 1 fully saturated rings. The Morgan fingerprint density at radius 2 is 2.22 bits per heavy atom. The lowest BCUT2D eigenvalue weighted by molar-refractivity contribution is 0.154. The summed E-state index contributed by atoms with van der Waals surface area (Å²) in [6, 6.07) is 5.99. The number of nitrogens with zero attached hydrogens (tertiary/aromatic N) is 3. The Kier molecular flexibility index (Phi) is 3.18. The Balaban J connectivity index is 2.09. The third kappa shape index (κ3) is 2.08. The van der Waals surface area contributed by atoms with Crippen LogP contribution in [-0.2, 0) is 0 Å². The summed E-state index contributed by atoms with van der Waals surface area (Å²) in [6.45, 7) is 1.59. The van der Waals surface area contributed by atoms with E-state index in [4.69, 9.17) is 0 Å². The van der Waals surface area contributed by atoms with E-state index in [0.29, 0.717) is 6.54 Å². The second-order valence-corrected chi connectivity index (χ2v) is 5.43. The Bertz CT molecular complexity index is 575. The fourth-order valence-corrected chi connectivity index (χ4v) is 2.91. The van der Waals surface area contributed by atoms with Gasteiger partial charge >= 0.3 is 0 Å². The molecule has 0 bridgehead atoms. The SMILES string of the molecule is OC1CCCN(c2ncnc3c(Br)cccc23)C1. The predicted octanol–water partition coefficient (Wildman–Crippen LogP) is 2.35. The molecule has 0 saturated carbocycles. The standard InChI is InChI=1S/C13H14BrN3O/c14-11-5-1-4-10-12(11)15-8-16-13(10)17-6-2-3-9(18)7-17/h1,4-5,8-9,18H,2-3,6-7H2. The number of fused-ring (bicyclic) bond motifs is 1. The highest BCUT2D eigenvalue weighted by molar-refractivity contribution is 9.10. The summed E-state index contributed by atoms with van der Waals surface area (Å²) in [4.78, 5) is 10.8. The van der Waals surface area contributed by atoms with Gasteiger partial charge in [-0.05, 0) is 40.9 Å². The van der Waals surface area contributed by atoms with Gasteiger partial charge in [0.05, 0.1) is 11.6 Å². The number of halogens is 1. The molecule has 1 aromatic carbocycles. The Morgan fingerprint density at radius 1 is 1.33 bits per heavy atom. The maximum atomic E-state index is 9.77. The van der Waals surface area contributed by atoms with Gasteiger partial charge in [-0.25, -0.2) is 9.97 Å². The molecule has 2 heterocycles. The van der Waals surface area contributed by atoms with Crippen molar-refractivity contribution in [3.05, 3.63) is 29.0 Å². The monoisotopic (exact) mass is 307 g/mol. The molecule has 0 amide bonds. The van der Waals surface area contributed by atoms with Crippen molar-refractivity contribution in [3.8, 4) is 0 Å². The van der Waals surface area contributed by atoms with Crippen LogP contribution in [0.1, 0.15) is 12.8 Å². The zero-order chi connectivity index (χ0) is 12.5. The first-order valence-corrected chi connectivity index (χ1v) is 6.87. The van der Waals surface area contributed by atoms with Gasteiger partial charge in [0.15, 0.2) is 0 Å². The van der Waals surface area contributed by atoms with E-state index in [1.54, 1.807) is 6.33 Å². The summed E-state index contributed by atoms with van der Waals surface area (Å²) in [6.07, 6.45) is 3.21. The zero-order valence-electron chi connectivity index (χ0n) is 9.88. The van der Waals surface area contributed by atoms with Crippen LogP contribution in [0.5, 0.6) is 0 Å². The summed E-state index contributed by atoms with van der Waals surface area (Å²) in [5.74, 6) is 0.917. The number of aromatic nitrogens is 2. The average Bonchev–Trinajstić information content (AvgIpc) is 2.39. The summed E-state index contributed by atoms with van der Waals surface area (Å²) in [5, 5.41) is 10.8. The van der Waals surface area contributed by atoms with E-state index in [9.17, 15) is 5.11 Å². The first kappa shape index (κ1) is 11.9. The van der Waals surface area contributed by atoms with E-state index in [1.807, 2.05) is 18.2 Å². The Labute approximate surface area is 114 Å². The molecule has 94 valence electrons. The third-order valence-corrected chi connectivity index (χ3v) is 3.93. The smallest absolute Gasteiger partial charge is 0.140 e. The molecule has 1 unspecified atom stereocenters. The van der Waals surface area contributed by atoms with Crippen molar-refractivity contribution in [2.24, 2.45) is 0 Å². The highest BCUT2D eigenvalue weighted by Crippen LogP contribution is 2.29. The summed E-state index contributed by atoms with van der Waals surface area (Å²) < 4.78 is 0.973. The van der Waals surface area contributed by atoms with Crippen LogP contribution in [0.15, 0.2) is 29.0 Å². The quantitative estimate of drug-likeness (QED) is 0.878. The fraction of sp³-hybridized carbons (Fsp3) is 0.385. The first-order valence-electron chi connectivity index (χ1n) is 6.08. The van der Waals surface area contributed by atoms with Crippen LogP contribution in [0.2, 0.25) is 0 Å². The largest absolute Gasteiger partial charge is 0.391 e. The lowest BCUT2D eigenvalue weighted by Gasteiger charge is -2.31. The van der Waals surface area contributed by atoms with E-state index < -0.39 is 0 Å². The minimum Gasteiger partial charge on any atom is -0.391 e. The molecule has 18 heavy (non-hydrogen) atoms. The van der Waals surface area contributed by atoms with E-state index >= 15 is 0 Å². The predicted molar refractivity (Wildman–Crippen MR) is 74.7 cm³/mol. The van der Waals surface area contributed by atoms with Crippen LogP contribution in [0.25, 0.3) is 10.9 Å². The van der Waals surface area contributed by atoms with Crippen LogP contribution in [0.3, 0.4) is 0 Å². The van der Waals surface area contributed by atoms with Crippen molar-refractivity contribution in [2.75, 3.05) is 18.0 Å². The van der Waals surface area contributed by atoms with E-state index in [2.05, 4.69) is 30.8 Å². The maximum absolute atomic E-state index is 9.77. The van der Waals surface area contributed by atoms with Crippen LogP contribution < -0.4 is 4.90 Å². The average molecular weight is 308 g/mol. The number of anilines is 1. The van der Waals surface area contributed by atoms with Gasteiger partial charge in [0, 0.05) is 22.9 Å². The minimum atomic E-state index is -0.254. The first-order chi connectivity index (χ1) is 8.75. The van der Waals surface area contributed by atoms with Crippen molar-refractivity contribution in [3.63, 3.8) is 0 Å². The molecule has 1 aliphatic rings. The topological polar surface area (TPSA) is 49.2 Å². The maximum Gasteiger partial charge on any atom is 0.140 e. The van der Waals surface area contributed by atoms with E-state index in [1.165, 1.54) is 0 Å². The lowest BCUT2D eigenvalue weighted by atomic mass is 10.1. The van der Waals surface area contributed by atoms with Gasteiger partial charge in [0.1, 0.15) is 12.1 Å². The molecular formula is C13H14BrN3O. The number of piperidine rings is 1. The van der Waals surface area contributed by atoms with Gasteiger partial charge in [-0.3, -0.25) is 0 Å². The molecule has 1 aromatic heterocycles. The molecule has 0 aliphatic carbocycles. The molecule has 0 spiro atoms. The van der Waals surface area contributed by atoms with Crippen molar-refractivity contribution in [1.29, 1.82) is 0 Å². The van der Waals surface area contributed by atoms with Gasteiger partial charge in [-0.1, -0.05) is 6.07 Å². The van der Waals surface area contributed by atoms with Crippen LogP contribution in [0, 0.1) is 0 Å². The van der Waals surface area contributed by atoms with Gasteiger partial charge < -0.3 is 10.0 Å². The molecule has 2 aromatic rings. The van der Waals surface area contributed by atoms with Crippen molar-refractivity contribution < 1.29 is 5.11 Å². The fourth-order valence-electron chi connectivity index (χ4n) is 2.44. The number of hydrogen-bond donors (Lipinski definition) is 1. The molecule has 1 aliphatic heterocycles. The van der Waals surface area contributed by atoms with E-state index in [0.717, 1.165) is 40.6 Å². The molecule has 0 radical (unpaired) electrons. The van der Waals surface area contributed by atoms with Gasteiger partial charge in [0.2, 0.25) is 0 Å². The number of hydrogen-bond acceptors (Lipinski definition) is 4. The second-order valence-electron chi connectivity index (χ2n) is 4.58. The number of aliphatic hydroxyl groups excluding tert-OH is 1. The van der Waals surface area contributed by atoms with Gasteiger partial charge in [-0.15, -0.1) is 0 Å². The van der Waals surface area contributed by atoms with Crippen LogP contribution in [-0.4, -0.2) is 34.3 Å².